The van der Waals surface area contributed by atoms with Crippen LogP contribution in [0.1, 0.15) is 45.6 Å². The molecule has 1 aromatic carbocycles. The van der Waals surface area contributed by atoms with Crippen molar-refractivity contribution in [3.8, 4) is 0 Å². The monoisotopic (exact) mass is 437 g/mol. The number of hydrogen-bond acceptors (Lipinski definition) is 4. The molecule has 0 aromatic heterocycles. The zero-order valence-corrected chi connectivity index (χ0v) is 19.8. The van der Waals surface area contributed by atoms with E-state index < -0.39 is 10.0 Å². The Kier molecular flexibility index (Phi) is 10.1. The first-order valence-corrected chi connectivity index (χ1v) is 12.7. The minimum atomic E-state index is -3.10. The fourth-order valence-electron chi connectivity index (χ4n) is 3.57. The molecular weight excluding hydrogens is 398 g/mol. The highest BCUT2D eigenvalue weighted by Crippen LogP contribution is 2.15. The molecule has 1 heterocycles. The van der Waals surface area contributed by atoms with E-state index in [1.807, 2.05) is 13.0 Å². The van der Waals surface area contributed by atoms with Crippen LogP contribution in [0.5, 0.6) is 0 Å². The summed E-state index contributed by atoms with van der Waals surface area (Å²) in [6.45, 7) is 9.70. The van der Waals surface area contributed by atoms with E-state index >= 15 is 0 Å². The molecule has 1 aliphatic heterocycles. The van der Waals surface area contributed by atoms with Gasteiger partial charge in [-0.25, -0.2) is 12.7 Å². The molecule has 1 saturated heterocycles. The average Bonchev–Trinajstić information content (AvgIpc) is 2.73. The molecule has 0 radical (unpaired) electrons. The molecule has 2 rings (SSSR count). The molecule has 1 atom stereocenters. The van der Waals surface area contributed by atoms with E-state index in [1.54, 1.807) is 4.31 Å². The zero-order chi connectivity index (χ0) is 22.0. The summed E-state index contributed by atoms with van der Waals surface area (Å²) in [4.78, 5) is 7.09. The van der Waals surface area contributed by atoms with E-state index in [9.17, 15) is 8.42 Å². The molecule has 2 N–H and O–H groups in total. The Labute approximate surface area is 183 Å². The smallest absolute Gasteiger partial charge is 0.214 e. The highest BCUT2D eigenvalue weighted by Gasteiger charge is 2.27. The molecule has 0 amide bonds. The van der Waals surface area contributed by atoms with E-state index in [2.05, 4.69) is 60.7 Å². The zero-order valence-electron chi connectivity index (χ0n) is 19.0. The van der Waals surface area contributed by atoms with Gasteiger partial charge in [-0.2, -0.15) is 0 Å². The van der Waals surface area contributed by atoms with Gasteiger partial charge < -0.3 is 10.6 Å². The molecule has 0 saturated carbocycles. The van der Waals surface area contributed by atoms with Gasteiger partial charge in [0.05, 0.1) is 12.3 Å². The van der Waals surface area contributed by atoms with E-state index in [0.717, 1.165) is 31.9 Å². The van der Waals surface area contributed by atoms with Crippen molar-refractivity contribution in [3.63, 3.8) is 0 Å². The van der Waals surface area contributed by atoms with Crippen LogP contribution in [0.4, 0.5) is 0 Å². The van der Waals surface area contributed by atoms with Crippen molar-refractivity contribution >= 4 is 16.0 Å². The molecule has 0 spiro atoms. The normalized spacial score (nSPS) is 17.8. The van der Waals surface area contributed by atoms with Crippen molar-refractivity contribution in [1.29, 1.82) is 0 Å². The predicted octanol–water partition coefficient (Wildman–Crippen LogP) is 2.27. The quantitative estimate of drug-likeness (QED) is 0.434. The van der Waals surface area contributed by atoms with Gasteiger partial charge in [-0.1, -0.05) is 37.3 Å². The van der Waals surface area contributed by atoms with Gasteiger partial charge in [-0.05, 0) is 45.7 Å². The topological polar surface area (TPSA) is 77.0 Å². The van der Waals surface area contributed by atoms with Crippen LogP contribution in [-0.4, -0.2) is 74.6 Å². The average molecular weight is 438 g/mol. The SMILES string of the molecule is CCCS(=O)(=O)N1CCC(NC(=NCC(C)N(C)Cc2ccccc2)NCC)CC1. The number of rotatable bonds is 10. The summed E-state index contributed by atoms with van der Waals surface area (Å²) in [5.41, 5.74) is 1.30. The molecule has 1 unspecified atom stereocenters. The van der Waals surface area contributed by atoms with E-state index in [0.29, 0.717) is 32.1 Å². The molecule has 1 fully saturated rings. The van der Waals surface area contributed by atoms with Gasteiger partial charge in [-0.3, -0.25) is 9.89 Å². The maximum atomic E-state index is 12.3. The number of benzene rings is 1. The summed E-state index contributed by atoms with van der Waals surface area (Å²) >= 11 is 0. The lowest BCUT2D eigenvalue weighted by Gasteiger charge is -2.32. The Hall–Kier alpha value is -1.64. The summed E-state index contributed by atoms with van der Waals surface area (Å²) in [7, 11) is -0.973. The largest absolute Gasteiger partial charge is 0.357 e. The van der Waals surface area contributed by atoms with Gasteiger partial charge in [0.25, 0.3) is 0 Å². The van der Waals surface area contributed by atoms with Crippen molar-refractivity contribution in [1.82, 2.24) is 19.8 Å². The fourth-order valence-corrected chi connectivity index (χ4v) is 5.11. The maximum absolute atomic E-state index is 12.3. The minimum absolute atomic E-state index is 0.240. The second kappa shape index (κ2) is 12.3. The lowest BCUT2D eigenvalue weighted by Crippen LogP contribution is -2.50. The summed E-state index contributed by atoms with van der Waals surface area (Å²) in [6, 6.07) is 11.0. The van der Waals surface area contributed by atoms with Crippen LogP contribution in [0.3, 0.4) is 0 Å². The fraction of sp³-hybridized carbons (Fsp3) is 0.682. The van der Waals surface area contributed by atoms with E-state index in [4.69, 9.17) is 4.99 Å². The van der Waals surface area contributed by atoms with Gasteiger partial charge >= 0.3 is 0 Å². The number of nitrogens with zero attached hydrogens (tertiary/aromatic N) is 3. The molecule has 1 aromatic rings. The van der Waals surface area contributed by atoms with Crippen LogP contribution < -0.4 is 10.6 Å². The van der Waals surface area contributed by atoms with Gasteiger partial charge in [-0.15, -0.1) is 0 Å². The van der Waals surface area contributed by atoms with Crippen molar-refractivity contribution in [3.05, 3.63) is 35.9 Å². The predicted molar refractivity (Wildman–Crippen MR) is 125 cm³/mol. The van der Waals surface area contributed by atoms with Crippen LogP contribution in [0.2, 0.25) is 0 Å². The number of nitrogens with one attached hydrogen (secondary N) is 2. The standard InChI is InChI=1S/C22H39N5O2S/c1-5-16-30(28,29)27-14-12-21(13-15-27)25-22(23-6-2)24-17-19(3)26(4)18-20-10-8-7-9-11-20/h7-11,19,21H,5-6,12-18H2,1-4H3,(H2,23,24,25). The first-order valence-electron chi connectivity index (χ1n) is 11.1. The summed E-state index contributed by atoms with van der Waals surface area (Å²) < 4.78 is 26.1. The second-order valence-corrected chi connectivity index (χ2v) is 10.2. The van der Waals surface area contributed by atoms with Gasteiger partial charge in [0, 0.05) is 38.3 Å². The second-order valence-electron chi connectivity index (χ2n) is 8.10. The van der Waals surface area contributed by atoms with Gasteiger partial charge in [0.2, 0.25) is 10.0 Å². The Bertz CT molecular complexity index is 746. The lowest BCUT2D eigenvalue weighted by atomic mass is 10.1. The third-order valence-corrected chi connectivity index (χ3v) is 7.61. The Balaban J connectivity index is 1.85. The molecule has 0 bridgehead atoms. The highest BCUT2D eigenvalue weighted by atomic mass is 32.2. The van der Waals surface area contributed by atoms with Crippen molar-refractivity contribution in [2.24, 2.45) is 4.99 Å². The highest BCUT2D eigenvalue weighted by molar-refractivity contribution is 7.89. The van der Waals surface area contributed by atoms with Crippen molar-refractivity contribution in [2.75, 3.05) is 39.0 Å². The number of likely N-dealkylation sites (N-methyl/N-ethyl adjacent to an activating group) is 1. The number of aliphatic imine (C=N–C) groups is 1. The Morgan fingerprint density at radius 2 is 1.90 bits per heavy atom. The summed E-state index contributed by atoms with van der Waals surface area (Å²) in [6.07, 6.45) is 2.27. The summed E-state index contributed by atoms with van der Waals surface area (Å²) in [5.74, 6) is 1.05. The van der Waals surface area contributed by atoms with E-state index in [-0.39, 0.29) is 11.8 Å². The summed E-state index contributed by atoms with van der Waals surface area (Å²) in [5, 5.41) is 6.83. The Morgan fingerprint density at radius 1 is 1.23 bits per heavy atom. The van der Waals surface area contributed by atoms with Gasteiger partial charge in [0.15, 0.2) is 5.96 Å². The first-order chi connectivity index (χ1) is 14.4. The number of sulfonamides is 1. The van der Waals surface area contributed by atoms with Crippen LogP contribution in [0.25, 0.3) is 0 Å². The van der Waals surface area contributed by atoms with Gasteiger partial charge in [0.1, 0.15) is 0 Å². The van der Waals surface area contributed by atoms with Crippen molar-refractivity contribution < 1.29 is 8.42 Å². The number of piperidine rings is 1. The molecule has 30 heavy (non-hydrogen) atoms. The number of guanidine groups is 1. The van der Waals surface area contributed by atoms with Crippen LogP contribution in [-0.2, 0) is 16.6 Å². The van der Waals surface area contributed by atoms with Crippen LogP contribution in [0, 0.1) is 0 Å². The molecule has 0 aliphatic carbocycles. The third-order valence-electron chi connectivity index (χ3n) is 5.54. The molecule has 170 valence electrons. The lowest BCUT2D eigenvalue weighted by molar-refractivity contribution is 0.254. The van der Waals surface area contributed by atoms with Crippen LogP contribution in [0.15, 0.2) is 35.3 Å². The van der Waals surface area contributed by atoms with Crippen molar-refractivity contribution in [2.45, 2.75) is 58.7 Å². The third kappa shape index (κ3) is 7.89. The van der Waals surface area contributed by atoms with E-state index in [1.165, 1.54) is 5.56 Å². The minimum Gasteiger partial charge on any atom is -0.357 e. The molecule has 7 nitrogen and oxygen atoms in total. The Morgan fingerprint density at radius 3 is 2.50 bits per heavy atom. The molecular formula is C22H39N5O2S. The van der Waals surface area contributed by atoms with Crippen LogP contribution >= 0.6 is 0 Å². The first kappa shape index (κ1) is 24.6. The molecule has 8 heteroatoms. The maximum Gasteiger partial charge on any atom is 0.214 e. The number of hydrogen-bond donors (Lipinski definition) is 2. The molecule has 1 aliphatic rings.